The number of rotatable bonds is 18. The van der Waals surface area contributed by atoms with Crippen molar-refractivity contribution < 1.29 is 122 Å². The average molecular weight is 1150 g/mol. The van der Waals surface area contributed by atoms with Crippen LogP contribution in [0, 0.1) is 23.7 Å². The molecule has 4 saturated heterocycles. The number of ether oxygens (including phenoxy) is 11. The van der Waals surface area contributed by atoms with E-state index in [0.717, 1.165) is 11.8 Å². The van der Waals surface area contributed by atoms with E-state index in [0.29, 0.717) is 23.4 Å². The molecule has 0 aromatic heterocycles. The first-order chi connectivity index (χ1) is 33.8. The second-order valence-corrected chi connectivity index (χ2v) is 19.6. The fourth-order valence-electron chi connectivity index (χ4n) is 7.24. The Morgan fingerprint density at radius 1 is 0.514 bits per heavy atom. The Hall–Kier alpha value is -1.91. The first-order valence-electron chi connectivity index (χ1n) is 23.1. The first kappa shape index (κ1) is 68.1. The number of thiol groups is 1. The van der Waals surface area contributed by atoms with Gasteiger partial charge in [-0.1, -0.05) is 55.4 Å². The number of aliphatic hydroxyl groups excluding tert-OH is 9. The third kappa shape index (κ3) is 23.1. The van der Waals surface area contributed by atoms with E-state index < -0.39 is 105 Å². The van der Waals surface area contributed by atoms with Crippen LogP contribution in [-0.4, -0.2) is 236 Å². The lowest BCUT2D eigenvalue weighted by molar-refractivity contribution is -0.299. The van der Waals surface area contributed by atoms with Crippen molar-refractivity contribution in [1.82, 2.24) is 0 Å². The third-order valence-corrected chi connectivity index (χ3v) is 12.9. The molecule has 4 aliphatic rings. The number of alkyl halides is 1. The van der Waals surface area contributed by atoms with Crippen molar-refractivity contribution in [3.63, 3.8) is 0 Å². The number of aliphatic hydroxyl groups is 9. The van der Waals surface area contributed by atoms with Crippen LogP contribution in [0.25, 0.3) is 0 Å². The lowest BCUT2D eigenvalue weighted by Gasteiger charge is -2.43. The maximum Gasteiger partial charge on any atom is 0.303 e. The molecule has 422 valence electrons. The molecular formula is C44H77BrO25S2. The highest BCUT2D eigenvalue weighted by Gasteiger charge is 2.47. The topological polar surface area (TPSA) is 369 Å². The zero-order valence-corrected chi connectivity index (χ0v) is 45.2. The van der Waals surface area contributed by atoms with Crippen LogP contribution < -0.4 is 0 Å². The molecule has 9 N–H and O–H groups in total. The molecule has 0 spiro atoms. The van der Waals surface area contributed by atoms with E-state index >= 15 is 0 Å². The van der Waals surface area contributed by atoms with Crippen LogP contribution in [0.2, 0.25) is 0 Å². The van der Waals surface area contributed by atoms with Crippen LogP contribution in [-0.2, 0) is 76.1 Å². The van der Waals surface area contributed by atoms with Crippen LogP contribution in [0.1, 0.15) is 62.3 Å². The Balaban J connectivity index is 0.000000495. The zero-order chi connectivity index (χ0) is 55.0. The van der Waals surface area contributed by atoms with E-state index in [9.17, 15) is 39.3 Å². The molecule has 28 heteroatoms. The van der Waals surface area contributed by atoms with Gasteiger partial charge in [-0.05, 0) is 11.8 Å². The van der Waals surface area contributed by atoms with Gasteiger partial charge in [0.2, 0.25) is 0 Å². The van der Waals surface area contributed by atoms with Crippen molar-refractivity contribution in [2.75, 3.05) is 63.1 Å². The molecule has 0 amide bonds. The summed E-state index contributed by atoms with van der Waals surface area (Å²) in [4.78, 5) is 55.6. The number of carbonyl (C=O) groups is 5. The Morgan fingerprint density at radius 3 is 1.31 bits per heavy atom. The van der Waals surface area contributed by atoms with Gasteiger partial charge in [-0.15, -0.1) is 0 Å². The smallest absolute Gasteiger partial charge is 0.303 e. The van der Waals surface area contributed by atoms with Gasteiger partial charge in [0.1, 0.15) is 62.0 Å². The SMILES string of the molecule is CC(=O)OCC1OC(OCCBr)C(OC(C)=O)C(C)C1C.CC(=O)OCC1OC(OCCSC(C)=O)C(OC(C)=O)C(C)C1C.OCC1OC(O)C(O)C(O)C1O.OCC1OC(OCCS)C(O)C(O)C1O. The highest BCUT2D eigenvalue weighted by Crippen LogP contribution is 2.35. The summed E-state index contributed by atoms with van der Waals surface area (Å²) >= 11 is 8.35. The number of hydrogen-bond acceptors (Lipinski definition) is 27. The summed E-state index contributed by atoms with van der Waals surface area (Å²) < 4.78 is 58.5. The molecule has 0 aromatic rings. The minimum atomic E-state index is -1.57. The monoisotopic (exact) mass is 1150 g/mol. The molecule has 72 heavy (non-hydrogen) atoms. The summed E-state index contributed by atoms with van der Waals surface area (Å²) in [5.74, 6) is -0.499. The van der Waals surface area contributed by atoms with Gasteiger partial charge in [0, 0.05) is 63.3 Å². The second-order valence-electron chi connectivity index (χ2n) is 17.1. The zero-order valence-electron chi connectivity index (χ0n) is 41.9. The quantitative estimate of drug-likeness (QED) is 0.0237. The predicted octanol–water partition coefficient (Wildman–Crippen LogP) is -1.82. The van der Waals surface area contributed by atoms with E-state index in [1.165, 1.54) is 34.6 Å². The maximum atomic E-state index is 11.4. The number of halogens is 1. The van der Waals surface area contributed by atoms with E-state index in [1.54, 1.807) is 0 Å². The van der Waals surface area contributed by atoms with Crippen LogP contribution in [0.15, 0.2) is 0 Å². The summed E-state index contributed by atoms with van der Waals surface area (Å²) in [6.07, 6.45) is -16.1. The third-order valence-electron chi connectivity index (χ3n) is 11.6. The molecule has 25 nitrogen and oxygen atoms in total. The lowest BCUT2D eigenvalue weighted by atomic mass is 9.83. The van der Waals surface area contributed by atoms with Crippen LogP contribution in [0.4, 0.5) is 0 Å². The van der Waals surface area contributed by atoms with Gasteiger partial charge in [0.25, 0.3) is 0 Å². The molecule has 4 fully saturated rings. The van der Waals surface area contributed by atoms with Gasteiger partial charge < -0.3 is 98.1 Å². The lowest BCUT2D eigenvalue weighted by Crippen LogP contribution is -2.59. The van der Waals surface area contributed by atoms with Crippen molar-refractivity contribution in [3.05, 3.63) is 0 Å². The largest absolute Gasteiger partial charge is 0.463 e. The number of thioether (sulfide) groups is 1. The maximum absolute atomic E-state index is 11.4. The van der Waals surface area contributed by atoms with E-state index in [2.05, 4.69) is 33.3 Å². The van der Waals surface area contributed by atoms with Crippen LogP contribution >= 0.6 is 40.3 Å². The minimum absolute atomic E-state index is 0.00873. The molecular weight excluding hydrogens is 1070 g/mol. The van der Waals surface area contributed by atoms with E-state index in [1.807, 2.05) is 27.7 Å². The van der Waals surface area contributed by atoms with Crippen molar-refractivity contribution in [2.24, 2.45) is 23.7 Å². The summed E-state index contributed by atoms with van der Waals surface area (Å²) in [7, 11) is 0. The molecule has 20 atom stereocenters. The summed E-state index contributed by atoms with van der Waals surface area (Å²) in [5, 5.41) is 82.5. The Kier molecular flexibility index (Phi) is 33.5. The summed E-state index contributed by atoms with van der Waals surface area (Å²) in [5.41, 5.74) is 0. The Morgan fingerprint density at radius 2 is 0.917 bits per heavy atom. The molecule has 4 aliphatic heterocycles. The Bertz CT molecular complexity index is 1580. The molecule has 0 aliphatic carbocycles. The van der Waals surface area contributed by atoms with Crippen LogP contribution in [0.5, 0.6) is 0 Å². The van der Waals surface area contributed by atoms with Crippen molar-refractivity contribution in [1.29, 1.82) is 0 Å². The van der Waals surface area contributed by atoms with Crippen molar-refractivity contribution in [3.8, 4) is 0 Å². The van der Waals surface area contributed by atoms with Gasteiger partial charge in [-0.2, -0.15) is 12.6 Å². The molecule has 4 heterocycles. The Labute approximate surface area is 437 Å². The highest BCUT2D eigenvalue weighted by molar-refractivity contribution is 9.09. The molecule has 0 radical (unpaired) electrons. The molecule has 0 aromatic carbocycles. The van der Waals surface area contributed by atoms with Gasteiger partial charge in [-0.3, -0.25) is 24.0 Å². The summed E-state index contributed by atoms with van der Waals surface area (Å²) in [6, 6.07) is 0. The second kappa shape index (κ2) is 35.4. The number of carbonyl (C=O) groups excluding carboxylic acids is 5. The van der Waals surface area contributed by atoms with Gasteiger partial charge in [-0.25, -0.2) is 0 Å². The number of hydrogen-bond donors (Lipinski definition) is 10. The van der Waals surface area contributed by atoms with Crippen LogP contribution in [0.3, 0.4) is 0 Å². The predicted molar refractivity (Wildman–Crippen MR) is 257 cm³/mol. The highest BCUT2D eigenvalue weighted by atomic mass is 79.9. The fraction of sp³-hybridized carbons (Fsp3) is 0.886. The fourth-order valence-corrected chi connectivity index (χ4v) is 8.00. The van der Waals surface area contributed by atoms with E-state index in [4.69, 9.17) is 78.0 Å². The van der Waals surface area contributed by atoms with Gasteiger partial charge in [0.15, 0.2) is 42.5 Å². The standard InChI is InChI=1S/C16H26O7S.C14H23BrO6.C8H16O6S.C6H12O6/c1-9-10(2)15(22-12(4)18)16(20-6-7-24-13(5)19)23-14(9)8-21-11(3)17;1-8-9(2)13(20-11(4)17)14(18-6-5-15)21-12(8)7-19-10(3)16;9-3-4-5(10)6(11)7(12)8(14-4)13-1-2-15;7-1-2-3(8)4(9)5(10)6(11)12-2/h9-10,14-16H,6-8H2,1-5H3;8-9,12-14H,5-7H2,1-4H3;4-12,15H,1-3H2;2-11H,1H2. The molecule has 20 unspecified atom stereocenters. The minimum Gasteiger partial charge on any atom is -0.463 e. The molecule has 0 bridgehead atoms. The van der Waals surface area contributed by atoms with E-state index in [-0.39, 0.29) is 85.3 Å². The first-order valence-corrected chi connectivity index (χ1v) is 25.9. The van der Waals surface area contributed by atoms with Crippen molar-refractivity contribution >= 4 is 69.3 Å². The average Bonchev–Trinajstić information content (AvgIpc) is 3.32. The molecule has 4 rings (SSSR count). The summed E-state index contributed by atoms with van der Waals surface area (Å²) in [6.45, 7) is 15.0. The van der Waals surface area contributed by atoms with Crippen molar-refractivity contribution in [2.45, 2.75) is 161 Å². The number of esters is 4. The molecule has 0 saturated carbocycles. The van der Waals surface area contributed by atoms with Gasteiger partial charge in [0.05, 0.1) is 45.2 Å². The normalized spacial score (nSPS) is 36.3. The van der Waals surface area contributed by atoms with Gasteiger partial charge >= 0.3 is 23.9 Å².